The maximum atomic E-state index is 12.8. The van der Waals surface area contributed by atoms with Crippen LogP contribution in [0.15, 0.2) is 54.7 Å². The molecule has 0 fully saturated rings. The zero-order chi connectivity index (χ0) is 23.4. The van der Waals surface area contributed by atoms with Crippen molar-refractivity contribution in [1.29, 1.82) is 0 Å². The van der Waals surface area contributed by atoms with E-state index in [4.69, 9.17) is 44.5 Å². The molecule has 33 heavy (non-hydrogen) atoms. The van der Waals surface area contributed by atoms with E-state index >= 15 is 0 Å². The maximum Gasteiger partial charge on any atom is 0.256 e. The summed E-state index contributed by atoms with van der Waals surface area (Å²) in [6.07, 6.45) is 2.30. The third-order valence-electron chi connectivity index (χ3n) is 4.90. The molecule has 0 saturated carbocycles. The van der Waals surface area contributed by atoms with Crippen molar-refractivity contribution in [3.63, 3.8) is 0 Å². The lowest BCUT2D eigenvalue weighted by atomic mass is 10.2. The van der Waals surface area contributed by atoms with Crippen LogP contribution in [0.3, 0.4) is 0 Å². The van der Waals surface area contributed by atoms with Gasteiger partial charge in [0.1, 0.15) is 5.82 Å². The van der Waals surface area contributed by atoms with Crippen molar-refractivity contribution in [3.05, 3.63) is 75.4 Å². The Morgan fingerprint density at radius 1 is 1.09 bits per heavy atom. The number of amides is 1. The molecule has 0 bridgehead atoms. The Kier molecular flexibility index (Phi) is 7.35. The molecule has 0 unspecified atom stereocenters. The minimum Gasteiger partial charge on any atom is -0.385 e. The first-order chi connectivity index (χ1) is 16.0. The molecule has 2 aromatic heterocycles. The minimum absolute atomic E-state index is 0.316. The van der Waals surface area contributed by atoms with E-state index in [0.717, 1.165) is 11.9 Å². The maximum absolute atomic E-state index is 12.8. The fraction of sp³-hybridized carbons (Fsp3) is 0.174. The van der Waals surface area contributed by atoms with Gasteiger partial charge >= 0.3 is 0 Å². The molecular weight excluding hydrogens is 485 g/mol. The van der Waals surface area contributed by atoms with E-state index in [0.29, 0.717) is 56.8 Å². The molecule has 0 radical (unpaired) electrons. The number of carbonyl (C=O) groups excluding carboxylic acids is 1. The van der Waals surface area contributed by atoms with Crippen LogP contribution < -0.4 is 10.6 Å². The largest absolute Gasteiger partial charge is 0.385 e. The average molecular weight is 505 g/mol. The number of aromatic nitrogens is 3. The first-order valence-electron chi connectivity index (χ1n) is 10.1. The van der Waals surface area contributed by atoms with Gasteiger partial charge in [-0.15, -0.1) is 0 Å². The minimum atomic E-state index is -0.316. The molecule has 2 N–H and O–H groups in total. The number of halogens is 3. The van der Waals surface area contributed by atoms with Crippen LogP contribution in [0.4, 0.5) is 17.5 Å². The third kappa shape index (κ3) is 5.39. The number of aryl methyl sites for hydroxylation is 1. The van der Waals surface area contributed by atoms with Crippen molar-refractivity contribution in [2.24, 2.45) is 0 Å². The second-order valence-electron chi connectivity index (χ2n) is 7.17. The predicted octanol–water partition coefficient (Wildman–Crippen LogP) is 6.42. The number of fused-ring (bicyclic) bond motifs is 1. The van der Waals surface area contributed by atoms with Gasteiger partial charge in [-0.25, -0.2) is 9.97 Å². The number of para-hydroxylation sites is 1. The van der Waals surface area contributed by atoms with Gasteiger partial charge in [0.05, 0.1) is 26.8 Å². The predicted molar refractivity (Wildman–Crippen MR) is 133 cm³/mol. The fourth-order valence-electron chi connectivity index (χ4n) is 3.35. The molecule has 10 heteroatoms. The summed E-state index contributed by atoms with van der Waals surface area (Å²) in [5.41, 5.74) is 2.50. The quantitative estimate of drug-likeness (QED) is 0.270. The third-order valence-corrected chi connectivity index (χ3v) is 5.77. The van der Waals surface area contributed by atoms with Gasteiger partial charge in [0, 0.05) is 37.0 Å². The number of benzene rings is 2. The zero-order valence-corrected chi connectivity index (χ0v) is 19.9. The molecule has 0 aliphatic rings. The van der Waals surface area contributed by atoms with Crippen LogP contribution in [0, 0.1) is 0 Å². The van der Waals surface area contributed by atoms with Gasteiger partial charge in [0.15, 0.2) is 0 Å². The van der Waals surface area contributed by atoms with Crippen molar-refractivity contribution in [2.75, 3.05) is 24.4 Å². The van der Waals surface area contributed by atoms with Crippen LogP contribution in [0.25, 0.3) is 11.0 Å². The lowest BCUT2D eigenvalue weighted by molar-refractivity contribution is 0.102. The van der Waals surface area contributed by atoms with Crippen molar-refractivity contribution >= 4 is 69.2 Å². The Hall–Kier alpha value is -2.84. The normalized spacial score (nSPS) is 11.0. The van der Waals surface area contributed by atoms with Crippen LogP contribution in [0.2, 0.25) is 15.1 Å². The Balaban J connectivity index is 1.68. The summed E-state index contributed by atoms with van der Waals surface area (Å²) in [6.45, 7) is 1.24. The average Bonchev–Trinajstić information content (AvgIpc) is 3.13. The number of nitrogens with one attached hydrogen (secondary N) is 2. The van der Waals surface area contributed by atoms with E-state index in [1.54, 1.807) is 49.6 Å². The summed E-state index contributed by atoms with van der Waals surface area (Å²) in [4.78, 5) is 21.6. The number of ether oxygens (including phenoxy) is 1. The number of carbonyl (C=O) groups is 1. The first kappa shape index (κ1) is 23.3. The van der Waals surface area contributed by atoms with Gasteiger partial charge in [0.2, 0.25) is 5.95 Å². The number of hydrogen-bond donors (Lipinski definition) is 2. The standard InChI is InChI=1S/C23H20Cl3N5O2/c1-33-11-3-10-31-19-7-6-14(22(32)29-20-13-15(24)8-9-27-20)12-18(19)28-23(31)30-21-16(25)4-2-5-17(21)26/h2,4-9,12-13H,3,10-11H2,1H3,(H,28,30)(H,27,29,32). The lowest BCUT2D eigenvalue weighted by Gasteiger charge is -2.13. The highest BCUT2D eigenvalue weighted by Gasteiger charge is 2.16. The van der Waals surface area contributed by atoms with E-state index in [9.17, 15) is 4.79 Å². The number of rotatable bonds is 8. The Bertz CT molecular complexity index is 1290. The monoisotopic (exact) mass is 503 g/mol. The number of methoxy groups -OCH3 is 1. The Morgan fingerprint density at radius 3 is 2.61 bits per heavy atom. The summed E-state index contributed by atoms with van der Waals surface area (Å²) in [5.74, 6) is 0.614. The second kappa shape index (κ2) is 10.4. The SMILES string of the molecule is COCCCn1c(Nc2c(Cl)cccc2Cl)nc2cc(C(=O)Nc3cc(Cl)ccn3)ccc21. The van der Waals surface area contributed by atoms with Crippen molar-refractivity contribution < 1.29 is 9.53 Å². The number of anilines is 3. The molecule has 7 nitrogen and oxygen atoms in total. The highest BCUT2D eigenvalue weighted by Crippen LogP contribution is 2.33. The highest BCUT2D eigenvalue weighted by atomic mass is 35.5. The van der Waals surface area contributed by atoms with Gasteiger partial charge in [-0.05, 0) is 48.9 Å². The smallest absolute Gasteiger partial charge is 0.256 e. The molecule has 1 amide bonds. The second-order valence-corrected chi connectivity index (χ2v) is 8.42. The van der Waals surface area contributed by atoms with Gasteiger partial charge < -0.3 is 19.9 Å². The van der Waals surface area contributed by atoms with E-state index < -0.39 is 0 Å². The summed E-state index contributed by atoms with van der Waals surface area (Å²) in [6, 6.07) is 13.8. The molecule has 0 spiro atoms. The molecule has 0 aliphatic heterocycles. The van der Waals surface area contributed by atoms with Gasteiger partial charge in [-0.1, -0.05) is 40.9 Å². The Morgan fingerprint density at radius 2 is 1.88 bits per heavy atom. The van der Waals surface area contributed by atoms with E-state index in [-0.39, 0.29) is 5.91 Å². The summed E-state index contributed by atoms with van der Waals surface area (Å²) >= 11 is 18.7. The molecular formula is C23H20Cl3N5O2. The van der Waals surface area contributed by atoms with Crippen LogP contribution >= 0.6 is 34.8 Å². The summed E-state index contributed by atoms with van der Waals surface area (Å²) in [5, 5.41) is 7.43. The van der Waals surface area contributed by atoms with Gasteiger partial charge in [-0.2, -0.15) is 0 Å². The number of pyridine rings is 1. The number of hydrogen-bond acceptors (Lipinski definition) is 5. The fourth-order valence-corrected chi connectivity index (χ4v) is 4.00. The topological polar surface area (TPSA) is 81.1 Å². The molecule has 0 atom stereocenters. The van der Waals surface area contributed by atoms with Crippen LogP contribution in [-0.4, -0.2) is 34.2 Å². The van der Waals surface area contributed by atoms with Crippen LogP contribution in [0.5, 0.6) is 0 Å². The highest BCUT2D eigenvalue weighted by molar-refractivity contribution is 6.39. The summed E-state index contributed by atoms with van der Waals surface area (Å²) in [7, 11) is 1.66. The molecule has 4 rings (SSSR count). The van der Waals surface area contributed by atoms with Gasteiger partial charge in [0.25, 0.3) is 5.91 Å². The Labute approximate surface area is 205 Å². The first-order valence-corrected chi connectivity index (χ1v) is 11.2. The molecule has 2 heterocycles. The summed E-state index contributed by atoms with van der Waals surface area (Å²) < 4.78 is 7.21. The van der Waals surface area contributed by atoms with E-state index in [2.05, 4.69) is 15.6 Å². The molecule has 0 aliphatic carbocycles. The van der Waals surface area contributed by atoms with Crippen molar-refractivity contribution in [3.8, 4) is 0 Å². The van der Waals surface area contributed by atoms with Crippen molar-refractivity contribution in [2.45, 2.75) is 13.0 Å². The van der Waals surface area contributed by atoms with Crippen LogP contribution in [-0.2, 0) is 11.3 Å². The van der Waals surface area contributed by atoms with Crippen molar-refractivity contribution in [1.82, 2.24) is 14.5 Å². The molecule has 0 saturated heterocycles. The lowest BCUT2D eigenvalue weighted by Crippen LogP contribution is -2.12. The molecule has 4 aromatic rings. The number of nitrogens with zero attached hydrogens (tertiary/aromatic N) is 3. The van der Waals surface area contributed by atoms with E-state index in [1.165, 1.54) is 6.20 Å². The molecule has 2 aromatic carbocycles. The number of imidazole rings is 1. The molecule has 170 valence electrons. The van der Waals surface area contributed by atoms with Gasteiger partial charge in [-0.3, -0.25) is 4.79 Å². The van der Waals surface area contributed by atoms with E-state index in [1.807, 2.05) is 10.6 Å². The zero-order valence-electron chi connectivity index (χ0n) is 17.6. The van der Waals surface area contributed by atoms with Crippen LogP contribution in [0.1, 0.15) is 16.8 Å².